The van der Waals surface area contributed by atoms with Gasteiger partial charge in [0.25, 0.3) is 5.91 Å². The molecule has 0 radical (unpaired) electrons. The number of aromatic hydroxyl groups is 1. The van der Waals surface area contributed by atoms with Gasteiger partial charge in [-0.15, -0.1) is 0 Å². The van der Waals surface area contributed by atoms with Crippen LogP contribution in [0.25, 0.3) is 0 Å². The smallest absolute Gasteiger partial charge is 0.254 e. The van der Waals surface area contributed by atoms with E-state index in [0.29, 0.717) is 11.1 Å². The maximum atomic E-state index is 12.8. The van der Waals surface area contributed by atoms with Crippen molar-refractivity contribution in [3.63, 3.8) is 0 Å². The van der Waals surface area contributed by atoms with Crippen LogP contribution in [0.2, 0.25) is 0 Å². The van der Waals surface area contributed by atoms with Gasteiger partial charge in [0.05, 0.1) is 6.10 Å². The highest BCUT2D eigenvalue weighted by Crippen LogP contribution is 2.36. The molecule has 1 aliphatic heterocycles. The second-order valence-corrected chi connectivity index (χ2v) is 6.32. The highest BCUT2D eigenvalue weighted by Gasteiger charge is 2.40. The summed E-state index contributed by atoms with van der Waals surface area (Å²) < 4.78 is 0. The molecule has 1 aromatic rings. The summed E-state index contributed by atoms with van der Waals surface area (Å²) in [5, 5.41) is 19.9. The Bertz CT molecular complexity index is 543. The second-order valence-electron chi connectivity index (χ2n) is 6.32. The maximum Gasteiger partial charge on any atom is 0.254 e. The van der Waals surface area contributed by atoms with E-state index >= 15 is 0 Å². The third-order valence-corrected chi connectivity index (χ3v) is 5.12. The number of rotatable bonds is 2. The SMILES string of the molecule is Cc1c(O)cccc1C(=O)N1CCCC1C1CCCC1O. The number of hydrogen-bond acceptors (Lipinski definition) is 3. The van der Waals surface area contributed by atoms with Gasteiger partial charge in [0.2, 0.25) is 0 Å². The monoisotopic (exact) mass is 289 g/mol. The van der Waals surface area contributed by atoms with Gasteiger partial charge >= 0.3 is 0 Å². The van der Waals surface area contributed by atoms with Crippen molar-refractivity contribution in [1.29, 1.82) is 0 Å². The van der Waals surface area contributed by atoms with Gasteiger partial charge in [0.1, 0.15) is 5.75 Å². The Morgan fingerprint density at radius 1 is 1.24 bits per heavy atom. The van der Waals surface area contributed by atoms with E-state index in [-0.39, 0.29) is 29.7 Å². The van der Waals surface area contributed by atoms with Crippen LogP contribution in [0, 0.1) is 12.8 Å². The van der Waals surface area contributed by atoms with E-state index in [1.807, 2.05) is 4.90 Å². The average Bonchev–Trinajstić information content (AvgIpc) is 3.09. The Kier molecular flexibility index (Phi) is 3.89. The molecule has 1 saturated carbocycles. The first-order valence-corrected chi connectivity index (χ1v) is 7.87. The fourth-order valence-corrected chi connectivity index (χ4v) is 3.92. The number of likely N-dealkylation sites (tertiary alicyclic amines) is 1. The fraction of sp³-hybridized carbons (Fsp3) is 0.588. The van der Waals surface area contributed by atoms with E-state index < -0.39 is 0 Å². The summed E-state index contributed by atoms with van der Waals surface area (Å²) in [5.74, 6) is 0.372. The van der Waals surface area contributed by atoms with Gasteiger partial charge in [-0.1, -0.05) is 12.5 Å². The first-order chi connectivity index (χ1) is 10.1. The molecule has 0 bridgehead atoms. The van der Waals surface area contributed by atoms with Gasteiger partial charge in [0.15, 0.2) is 0 Å². The van der Waals surface area contributed by atoms with Crippen molar-refractivity contribution in [3.05, 3.63) is 29.3 Å². The molecule has 114 valence electrons. The van der Waals surface area contributed by atoms with Gasteiger partial charge in [-0.2, -0.15) is 0 Å². The molecule has 2 N–H and O–H groups in total. The molecular weight excluding hydrogens is 266 g/mol. The first-order valence-electron chi connectivity index (χ1n) is 7.87. The molecule has 1 aliphatic carbocycles. The predicted octanol–water partition coefficient (Wildman–Crippen LogP) is 2.47. The molecule has 21 heavy (non-hydrogen) atoms. The van der Waals surface area contributed by atoms with Crippen LogP contribution in [0.1, 0.15) is 48.0 Å². The number of carbonyl (C=O) groups excluding carboxylic acids is 1. The zero-order valence-corrected chi connectivity index (χ0v) is 12.5. The molecule has 3 rings (SSSR count). The Labute approximate surface area is 125 Å². The van der Waals surface area contributed by atoms with Crippen molar-refractivity contribution in [1.82, 2.24) is 4.90 Å². The number of benzene rings is 1. The van der Waals surface area contributed by atoms with Crippen molar-refractivity contribution in [2.75, 3.05) is 6.54 Å². The van der Waals surface area contributed by atoms with Crippen LogP contribution in [0.4, 0.5) is 0 Å². The van der Waals surface area contributed by atoms with Crippen LogP contribution >= 0.6 is 0 Å². The number of amides is 1. The lowest BCUT2D eigenvalue weighted by molar-refractivity contribution is 0.0527. The number of phenolic OH excluding ortho intramolecular Hbond substituents is 1. The summed E-state index contributed by atoms with van der Waals surface area (Å²) >= 11 is 0. The van der Waals surface area contributed by atoms with Crippen molar-refractivity contribution < 1.29 is 15.0 Å². The normalized spacial score (nSPS) is 29.0. The summed E-state index contributed by atoms with van der Waals surface area (Å²) in [6, 6.07) is 5.24. The molecule has 3 atom stereocenters. The average molecular weight is 289 g/mol. The molecule has 1 heterocycles. The molecule has 4 nitrogen and oxygen atoms in total. The Morgan fingerprint density at radius 3 is 2.76 bits per heavy atom. The second kappa shape index (κ2) is 5.68. The van der Waals surface area contributed by atoms with Crippen LogP contribution in [-0.2, 0) is 0 Å². The zero-order valence-electron chi connectivity index (χ0n) is 12.5. The van der Waals surface area contributed by atoms with Crippen molar-refractivity contribution in [2.45, 2.75) is 51.2 Å². The molecule has 1 amide bonds. The standard InChI is InChI=1S/C17H23NO3/c1-11-12(5-2-8-15(11)19)17(21)18-10-4-7-14(18)13-6-3-9-16(13)20/h2,5,8,13-14,16,19-20H,3-4,6-7,9-10H2,1H3. The minimum Gasteiger partial charge on any atom is -0.508 e. The number of hydrogen-bond donors (Lipinski definition) is 2. The Hall–Kier alpha value is -1.55. The highest BCUT2D eigenvalue weighted by molar-refractivity contribution is 5.96. The minimum atomic E-state index is -0.270. The van der Waals surface area contributed by atoms with E-state index in [0.717, 1.165) is 38.6 Å². The lowest BCUT2D eigenvalue weighted by atomic mass is 9.93. The fourth-order valence-electron chi connectivity index (χ4n) is 3.92. The topological polar surface area (TPSA) is 60.8 Å². The minimum absolute atomic E-state index is 0.00926. The Balaban J connectivity index is 1.84. The van der Waals surface area contributed by atoms with E-state index in [2.05, 4.69) is 0 Å². The maximum absolute atomic E-state index is 12.8. The molecule has 2 aliphatic rings. The molecule has 1 saturated heterocycles. The third kappa shape index (κ3) is 2.53. The predicted molar refractivity (Wildman–Crippen MR) is 80.3 cm³/mol. The number of carbonyl (C=O) groups is 1. The van der Waals surface area contributed by atoms with Crippen LogP contribution < -0.4 is 0 Å². The number of nitrogens with zero attached hydrogens (tertiary/aromatic N) is 1. The van der Waals surface area contributed by atoms with Crippen molar-refractivity contribution in [2.24, 2.45) is 5.92 Å². The summed E-state index contributed by atoms with van der Waals surface area (Å²) in [6.45, 7) is 2.53. The largest absolute Gasteiger partial charge is 0.508 e. The van der Waals surface area contributed by atoms with E-state index in [1.165, 1.54) is 0 Å². The molecule has 0 spiro atoms. The van der Waals surface area contributed by atoms with Gasteiger partial charge < -0.3 is 15.1 Å². The first kappa shape index (κ1) is 14.4. The number of aliphatic hydroxyl groups excluding tert-OH is 1. The van der Waals surface area contributed by atoms with Crippen LogP contribution in [0.3, 0.4) is 0 Å². The molecule has 3 unspecified atom stereocenters. The summed E-state index contributed by atoms with van der Waals surface area (Å²) in [5.41, 5.74) is 1.22. The van der Waals surface area contributed by atoms with E-state index in [1.54, 1.807) is 25.1 Å². The van der Waals surface area contributed by atoms with Gasteiger partial charge in [-0.25, -0.2) is 0 Å². The molecule has 1 aromatic carbocycles. The molecular formula is C17H23NO3. The third-order valence-electron chi connectivity index (χ3n) is 5.12. The van der Waals surface area contributed by atoms with Crippen molar-refractivity contribution >= 4 is 5.91 Å². The van der Waals surface area contributed by atoms with Gasteiger partial charge in [-0.3, -0.25) is 4.79 Å². The highest BCUT2D eigenvalue weighted by atomic mass is 16.3. The summed E-state index contributed by atoms with van der Waals surface area (Å²) in [4.78, 5) is 14.7. The summed E-state index contributed by atoms with van der Waals surface area (Å²) in [6.07, 6.45) is 4.62. The molecule has 0 aromatic heterocycles. The quantitative estimate of drug-likeness (QED) is 0.879. The zero-order chi connectivity index (χ0) is 15.0. The van der Waals surface area contributed by atoms with Crippen LogP contribution in [0.15, 0.2) is 18.2 Å². The summed E-state index contributed by atoms with van der Waals surface area (Å²) in [7, 11) is 0. The van der Waals surface area contributed by atoms with Crippen LogP contribution in [0.5, 0.6) is 5.75 Å². The number of aliphatic hydroxyl groups is 1. The molecule has 4 heteroatoms. The van der Waals surface area contributed by atoms with Gasteiger partial charge in [0, 0.05) is 29.6 Å². The van der Waals surface area contributed by atoms with E-state index in [4.69, 9.17) is 0 Å². The lowest BCUT2D eigenvalue weighted by Crippen LogP contribution is -2.42. The van der Waals surface area contributed by atoms with Crippen molar-refractivity contribution in [3.8, 4) is 5.75 Å². The lowest BCUT2D eigenvalue weighted by Gasteiger charge is -2.31. The van der Waals surface area contributed by atoms with Gasteiger partial charge in [-0.05, 0) is 44.7 Å². The molecule has 2 fully saturated rings. The van der Waals surface area contributed by atoms with E-state index in [9.17, 15) is 15.0 Å². The Morgan fingerprint density at radius 2 is 2.05 bits per heavy atom. The van der Waals surface area contributed by atoms with Crippen LogP contribution in [-0.4, -0.2) is 39.7 Å². The number of phenols is 1.